The van der Waals surface area contributed by atoms with Crippen LogP contribution in [0.3, 0.4) is 0 Å². The Morgan fingerprint density at radius 1 is 0.975 bits per heavy atom. The maximum absolute atomic E-state index is 13.5. The predicted molar refractivity (Wildman–Crippen MR) is 162 cm³/mol. The molecule has 8 nitrogen and oxygen atoms in total. The molecule has 4 aromatic carbocycles. The minimum absolute atomic E-state index is 0.225. The van der Waals surface area contributed by atoms with Gasteiger partial charge in [-0.1, -0.05) is 48.5 Å². The number of halogens is 1. The molecule has 1 aliphatic heterocycles. The van der Waals surface area contributed by atoms with Gasteiger partial charge in [0.15, 0.2) is 28.8 Å². The summed E-state index contributed by atoms with van der Waals surface area (Å²) < 4.78 is 25.2. The maximum atomic E-state index is 13.5. The average Bonchev–Trinajstić information content (AvgIpc) is 3.45. The summed E-state index contributed by atoms with van der Waals surface area (Å²) >= 11 is 2.22. The van der Waals surface area contributed by atoms with Gasteiger partial charge in [0.2, 0.25) is 6.79 Å². The maximum Gasteiger partial charge on any atom is 0.282 e. The second kappa shape index (κ2) is 11.4. The molecule has 0 amide bonds. The minimum atomic E-state index is -0.246. The molecule has 9 heteroatoms. The summed E-state index contributed by atoms with van der Waals surface area (Å²) in [5.74, 6) is 3.12. The minimum Gasteiger partial charge on any atom is -0.490 e. The number of hydrogen-bond donors (Lipinski definition) is 0. The fraction of sp³-hybridized carbons (Fsp3) is 0.129. The van der Waals surface area contributed by atoms with Gasteiger partial charge in [0.05, 0.1) is 27.3 Å². The van der Waals surface area contributed by atoms with E-state index < -0.39 is 0 Å². The van der Waals surface area contributed by atoms with Crippen molar-refractivity contribution in [1.82, 2.24) is 9.66 Å². The summed E-state index contributed by atoms with van der Waals surface area (Å²) in [5, 5.41) is 5.09. The topological polar surface area (TPSA) is 84.2 Å². The van der Waals surface area contributed by atoms with Gasteiger partial charge in [-0.15, -0.1) is 0 Å². The summed E-state index contributed by atoms with van der Waals surface area (Å²) in [5.41, 5.74) is 2.87. The van der Waals surface area contributed by atoms with E-state index in [2.05, 4.69) is 27.7 Å². The summed E-state index contributed by atoms with van der Waals surface area (Å²) in [6, 6.07) is 26.3. The van der Waals surface area contributed by atoms with Crippen molar-refractivity contribution in [2.75, 3.05) is 13.4 Å². The largest absolute Gasteiger partial charge is 0.490 e. The number of ether oxygens (including phenoxy) is 4. The highest BCUT2D eigenvalue weighted by Gasteiger charge is 2.16. The second-order valence-electron chi connectivity index (χ2n) is 8.92. The van der Waals surface area contributed by atoms with Crippen LogP contribution in [0.1, 0.15) is 18.1 Å². The third kappa shape index (κ3) is 5.24. The van der Waals surface area contributed by atoms with Gasteiger partial charge in [0.1, 0.15) is 6.61 Å². The SMILES string of the molecule is CCOc1cc(C=Nn2c(-c3ccccc3)nc3ccccc3c2=O)cc(I)c1OCc1ccc2c(c1)OCO2. The van der Waals surface area contributed by atoms with E-state index in [-0.39, 0.29) is 12.4 Å². The second-order valence-corrected chi connectivity index (χ2v) is 10.1. The number of nitrogens with zero attached hydrogens (tertiary/aromatic N) is 3. The zero-order valence-corrected chi connectivity index (χ0v) is 23.7. The van der Waals surface area contributed by atoms with Crippen LogP contribution < -0.4 is 24.5 Å². The highest BCUT2D eigenvalue weighted by Crippen LogP contribution is 2.36. The van der Waals surface area contributed by atoms with Crippen LogP contribution >= 0.6 is 22.6 Å². The zero-order chi connectivity index (χ0) is 27.5. The Morgan fingerprint density at radius 2 is 1.77 bits per heavy atom. The van der Waals surface area contributed by atoms with Crippen LogP contribution in [-0.4, -0.2) is 29.3 Å². The van der Waals surface area contributed by atoms with Gasteiger partial charge in [-0.2, -0.15) is 9.78 Å². The Labute approximate surface area is 243 Å². The molecule has 6 rings (SSSR count). The number of aromatic nitrogens is 2. The lowest BCUT2D eigenvalue weighted by atomic mass is 10.2. The van der Waals surface area contributed by atoms with E-state index in [1.807, 2.05) is 85.8 Å². The van der Waals surface area contributed by atoms with Crippen molar-refractivity contribution in [3.05, 3.63) is 110 Å². The molecule has 2 heterocycles. The molecule has 0 saturated carbocycles. The highest BCUT2D eigenvalue weighted by atomic mass is 127. The van der Waals surface area contributed by atoms with Crippen LogP contribution in [0, 0.1) is 3.57 Å². The molecule has 0 unspecified atom stereocenters. The Balaban J connectivity index is 1.34. The molecule has 1 aromatic heterocycles. The van der Waals surface area contributed by atoms with Gasteiger partial charge in [-0.25, -0.2) is 4.98 Å². The first-order chi connectivity index (χ1) is 19.6. The molecule has 0 saturated heterocycles. The van der Waals surface area contributed by atoms with Crippen molar-refractivity contribution in [1.29, 1.82) is 0 Å². The zero-order valence-electron chi connectivity index (χ0n) is 21.5. The van der Waals surface area contributed by atoms with Gasteiger partial charge in [-0.3, -0.25) is 4.79 Å². The highest BCUT2D eigenvalue weighted by molar-refractivity contribution is 14.1. The van der Waals surface area contributed by atoms with Crippen LogP contribution in [0.25, 0.3) is 22.3 Å². The molecular formula is C31H24IN3O5. The number of fused-ring (bicyclic) bond motifs is 2. The van der Waals surface area contributed by atoms with E-state index in [4.69, 9.17) is 23.9 Å². The molecule has 5 aromatic rings. The van der Waals surface area contributed by atoms with Crippen molar-refractivity contribution in [3.63, 3.8) is 0 Å². The standard InChI is InChI=1S/C31H24IN3O5/c1-2-37-28-16-21(14-24(32)29(28)38-18-20-12-13-26-27(15-20)40-19-39-26)17-33-35-30(22-8-4-3-5-9-22)34-25-11-7-6-10-23(25)31(35)36/h3-17H,2,18-19H2,1H3. The number of benzene rings is 4. The van der Waals surface area contributed by atoms with E-state index in [1.54, 1.807) is 12.3 Å². The first kappa shape index (κ1) is 25.9. The van der Waals surface area contributed by atoms with Gasteiger partial charge in [0, 0.05) is 5.56 Å². The van der Waals surface area contributed by atoms with Crippen LogP contribution in [0.2, 0.25) is 0 Å². The van der Waals surface area contributed by atoms with E-state index >= 15 is 0 Å². The van der Waals surface area contributed by atoms with Crippen LogP contribution in [-0.2, 0) is 6.61 Å². The van der Waals surface area contributed by atoms with Gasteiger partial charge in [0.25, 0.3) is 5.56 Å². The Bertz CT molecular complexity index is 1790. The fourth-order valence-electron chi connectivity index (χ4n) is 4.38. The van der Waals surface area contributed by atoms with Crippen molar-refractivity contribution in [2.45, 2.75) is 13.5 Å². The molecule has 200 valence electrons. The summed E-state index contributed by atoms with van der Waals surface area (Å²) in [6.07, 6.45) is 1.64. The normalized spacial score (nSPS) is 12.2. The van der Waals surface area contributed by atoms with Gasteiger partial charge in [-0.05, 0) is 77.0 Å². The van der Waals surface area contributed by atoms with Crippen molar-refractivity contribution in [3.8, 4) is 34.4 Å². The van der Waals surface area contributed by atoms with Crippen LogP contribution in [0.4, 0.5) is 0 Å². The number of rotatable bonds is 8. The lowest BCUT2D eigenvalue weighted by molar-refractivity contribution is 0.174. The van der Waals surface area contributed by atoms with Crippen molar-refractivity contribution in [2.24, 2.45) is 5.10 Å². The monoisotopic (exact) mass is 645 g/mol. The Kier molecular flexibility index (Phi) is 7.37. The van der Waals surface area contributed by atoms with E-state index in [0.717, 1.165) is 26.0 Å². The summed E-state index contributed by atoms with van der Waals surface area (Å²) in [6.45, 7) is 2.94. The first-order valence-corrected chi connectivity index (χ1v) is 13.8. The molecule has 0 radical (unpaired) electrons. The molecule has 0 spiro atoms. The first-order valence-electron chi connectivity index (χ1n) is 12.7. The molecule has 0 fully saturated rings. The predicted octanol–water partition coefficient (Wildman–Crippen LogP) is 6.26. The van der Waals surface area contributed by atoms with Gasteiger partial charge < -0.3 is 18.9 Å². The van der Waals surface area contributed by atoms with E-state index in [1.165, 1.54) is 4.68 Å². The van der Waals surface area contributed by atoms with Crippen LogP contribution in [0.5, 0.6) is 23.0 Å². The number of hydrogen-bond acceptors (Lipinski definition) is 7. The fourth-order valence-corrected chi connectivity index (χ4v) is 5.16. The molecule has 0 aliphatic carbocycles. The van der Waals surface area contributed by atoms with Gasteiger partial charge >= 0.3 is 0 Å². The van der Waals surface area contributed by atoms with E-state index in [9.17, 15) is 4.79 Å². The molecule has 1 aliphatic rings. The third-order valence-electron chi connectivity index (χ3n) is 6.26. The van der Waals surface area contributed by atoms with Crippen molar-refractivity contribution >= 4 is 39.7 Å². The van der Waals surface area contributed by atoms with Crippen LogP contribution in [0.15, 0.2) is 94.8 Å². The summed E-state index contributed by atoms with van der Waals surface area (Å²) in [4.78, 5) is 18.2. The Hall–Kier alpha value is -4.38. The Morgan fingerprint density at radius 3 is 2.62 bits per heavy atom. The lowest BCUT2D eigenvalue weighted by Gasteiger charge is -2.15. The van der Waals surface area contributed by atoms with E-state index in [0.29, 0.717) is 47.2 Å². The molecule has 0 N–H and O–H groups in total. The smallest absolute Gasteiger partial charge is 0.282 e. The molecular weight excluding hydrogens is 621 g/mol. The molecule has 0 atom stereocenters. The molecule has 40 heavy (non-hydrogen) atoms. The average molecular weight is 645 g/mol. The quantitative estimate of drug-likeness (QED) is 0.147. The summed E-state index contributed by atoms with van der Waals surface area (Å²) in [7, 11) is 0. The third-order valence-corrected chi connectivity index (χ3v) is 7.06. The molecule has 0 bridgehead atoms. The lowest BCUT2D eigenvalue weighted by Crippen LogP contribution is -2.20. The number of para-hydroxylation sites is 1. The van der Waals surface area contributed by atoms with Crippen molar-refractivity contribution < 1.29 is 18.9 Å².